The second-order valence-electron chi connectivity index (χ2n) is 19.1. The van der Waals surface area contributed by atoms with E-state index in [-0.39, 0.29) is 24.9 Å². The molecule has 3 N–H and O–H groups in total. The third-order valence-corrected chi connectivity index (χ3v) is 12.6. The zero-order chi connectivity index (χ0) is 48.8. The Morgan fingerprint density at radius 2 is 0.806 bits per heavy atom. The average Bonchev–Trinajstić information content (AvgIpc) is 3.32. The minimum absolute atomic E-state index is 0.0506. The predicted molar refractivity (Wildman–Crippen MR) is 291 cm³/mol. The molecule has 0 aliphatic heterocycles. The van der Waals surface area contributed by atoms with Crippen LogP contribution in [0.1, 0.15) is 265 Å². The molecule has 0 aromatic rings. The molecule has 0 aliphatic carbocycles. The lowest BCUT2D eigenvalue weighted by molar-refractivity contribution is -0.151. The summed E-state index contributed by atoms with van der Waals surface area (Å²) in [5, 5.41) is 23.9. The van der Waals surface area contributed by atoms with Gasteiger partial charge in [0.2, 0.25) is 5.91 Å². The van der Waals surface area contributed by atoms with Crippen LogP contribution in [0.15, 0.2) is 85.1 Å². The highest BCUT2D eigenvalue weighted by Gasteiger charge is 2.24. The van der Waals surface area contributed by atoms with Gasteiger partial charge in [0.05, 0.1) is 25.2 Å². The lowest BCUT2D eigenvalue weighted by Gasteiger charge is -2.24. The lowest BCUT2D eigenvalue weighted by atomic mass is 10.0. The Labute approximate surface area is 414 Å². The maximum atomic E-state index is 13.3. The van der Waals surface area contributed by atoms with Gasteiger partial charge in [-0.3, -0.25) is 9.59 Å². The van der Waals surface area contributed by atoms with E-state index in [0.717, 1.165) is 109 Å². The first kappa shape index (κ1) is 64.0. The number of nitrogens with one attached hydrogen (secondary N) is 1. The Kier molecular flexibility index (Phi) is 51.6. The van der Waals surface area contributed by atoms with Crippen LogP contribution in [0.3, 0.4) is 0 Å². The number of aliphatic hydroxyl groups excluding tert-OH is 2. The van der Waals surface area contributed by atoms with Gasteiger partial charge in [-0.05, 0) is 70.6 Å². The topological polar surface area (TPSA) is 95.9 Å². The number of amides is 1. The molecule has 3 unspecified atom stereocenters. The van der Waals surface area contributed by atoms with Crippen LogP contribution in [0.25, 0.3) is 0 Å². The van der Waals surface area contributed by atoms with Gasteiger partial charge in [0.15, 0.2) is 0 Å². The Morgan fingerprint density at radius 1 is 0.448 bits per heavy atom. The molecule has 0 aromatic carbocycles. The summed E-state index contributed by atoms with van der Waals surface area (Å²) >= 11 is 0. The largest absolute Gasteiger partial charge is 0.462 e. The van der Waals surface area contributed by atoms with Crippen molar-refractivity contribution in [1.29, 1.82) is 0 Å². The number of aliphatic hydroxyl groups is 2. The molecule has 0 heterocycles. The van der Waals surface area contributed by atoms with Crippen LogP contribution in [0.4, 0.5) is 0 Å². The number of allylic oxidation sites excluding steroid dienone is 14. The third kappa shape index (κ3) is 49.3. The van der Waals surface area contributed by atoms with Crippen LogP contribution in [-0.2, 0) is 14.3 Å². The minimum atomic E-state index is -0.803. The summed E-state index contributed by atoms with van der Waals surface area (Å²) in [4.78, 5) is 26.2. The van der Waals surface area contributed by atoms with Crippen LogP contribution < -0.4 is 5.32 Å². The minimum Gasteiger partial charge on any atom is -0.462 e. The van der Waals surface area contributed by atoms with Gasteiger partial charge in [-0.2, -0.15) is 0 Å². The average molecular weight is 935 g/mol. The molecule has 0 saturated carbocycles. The Morgan fingerprint density at radius 3 is 1.25 bits per heavy atom. The van der Waals surface area contributed by atoms with Gasteiger partial charge in [0.25, 0.3) is 0 Å². The fraction of sp³-hybridized carbons (Fsp3) is 0.738. The smallest absolute Gasteiger partial charge is 0.306 e. The number of carbonyl (C=O) groups excluding carboxylic acids is 2. The van der Waals surface area contributed by atoms with E-state index in [1.807, 2.05) is 0 Å². The van der Waals surface area contributed by atoms with Crippen LogP contribution in [0, 0.1) is 0 Å². The van der Waals surface area contributed by atoms with E-state index < -0.39 is 18.2 Å². The van der Waals surface area contributed by atoms with Crippen molar-refractivity contribution in [1.82, 2.24) is 5.32 Å². The molecule has 67 heavy (non-hydrogen) atoms. The Bertz CT molecular complexity index is 1280. The van der Waals surface area contributed by atoms with Crippen molar-refractivity contribution < 1.29 is 24.5 Å². The number of hydrogen-bond acceptors (Lipinski definition) is 5. The quantitative estimate of drug-likeness (QED) is 0.0321. The van der Waals surface area contributed by atoms with E-state index in [4.69, 9.17) is 4.74 Å². The van der Waals surface area contributed by atoms with Crippen LogP contribution in [0.5, 0.6) is 0 Å². The van der Waals surface area contributed by atoms with Crippen molar-refractivity contribution in [2.75, 3.05) is 6.61 Å². The molecule has 6 nitrogen and oxygen atoms in total. The Hall–Kier alpha value is -2.96. The van der Waals surface area contributed by atoms with Gasteiger partial charge in [0, 0.05) is 6.42 Å². The number of rotatable bonds is 50. The molecular weight excluding hydrogens is 827 g/mol. The molecule has 0 radical (unpaired) electrons. The maximum Gasteiger partial charge on any atom is 0.306 e. The molecule has 0 aliphatic rings. The van der Waals surface area contributed by atoms with Crippen LogP contribution in [-0.4, -0.2) is 46.9 Å². The molecule has 3 atom stereocenters. The van der Waals surface area contributed by atoms with E-state index in [2.05, 4.69) is 111 Å². The fourth-order valence-electron chi connectivity index (χ4n) is 8.33. The van der Waals surface area contributed by atoms with Crippen molar-refractivity contribution in [3.8, 4) is 0 Å². The van der Waals surface area contributed by atoms with Crippen molar-refractivity contribution in [3.63, 3.8) is 0 Å². The van der Waals surface area contributed by atoms with Gasteiger partial charge >= 0.3 is 5.97 Å². The highest BCUT2D eigenvalue weighted by molar-refractivity contribution is 5.77. The molecule has 1 amide bonds. The predicted octanol–water partition coefficient (Wildman–Crippen LogP) is 17.5. The maximum absolute atomic E-state index is 13.3. The van der Waals surface area contributed by atoms with E-state index in [0.29, 0.717) is 19.3 Å². The second kappa shape index (κ2) is 54.0. The van der Waals surface area contributed by atoms with Crippen molar-refractivity contribution in [3.05, 3.63) is 85.1 Å². The third-order valence-electron chi connectivity index (χ3n) is 12.6. The van der Waals surface area contributed by atoms with Gasteiger partial charge in [0.1, 0.15) is 6.10 Å². The molecule has 0 bridgehead atoms. The highest BCUT2D eigenvalue weighted by Crippen LogP contribution is 2.18. The van der Waals surface area contributed by atoms with Crippen molar-refractivity contribution in [2.24, 2.45) is 0 Å². The van der Waals surface area contributed by atoms with Crippen molar-refractivity contribution in [2.45, 2.75) is 283 Å². The molecule has 0 fully saturated rings. The van der Waals surface area contributed by atoms with Gasteiger partial charge in [-0.1, -0.05) is 266 Å². The summed E-state index contributed by atoms with van der Waals surface area (Å²) in [5.41, 5.74) is 0. The normalized spacial score (nSPS) is 13.8. The number of unbranched alkanes of at least 4 members (excludes halogenated alkanes) is 29. The highest BCUT2D eigenvalue weighted by atomic mass is 16.5. The summed E-state index contributed by atoms with van der Waals surface area (Å²) < 4.78 is 5.93. The summed E-state index contributed by atoms with van der Waals surface area (Å²) in [6, 6.07) is -0.719. The summed E-state index contributed by atoms with van der Waals surface area (Å²) in [5.74, 6) is -0.521. The first-order valence-corrected chi connectivity index (χ1v) is 28.4. The lowest BCUT2D eigenvalue weighted by Crippen LogP contribution is -2.46. The van der Waals surface area contributed by atoms with Crippen LogP contribution in [0.2, 0.25) is 0 Å². The second-order valence-corrected chi connectivity index (χ2v) is 19.1. The summed E-state index contributed by atoms with van der Waals surface area (Å²) in [7, 11) is 0. The molecule has 0 spiro atoms. The van der Waals surface area contributed by atoms with E-state index in [1.54, 1.807) is 0 Å². The Balaban J connectivity index is 4.59. The first-order chi connectivity index (χ1) is 33.0. The first-order valence-electron chi connectivity index (χ1n) is 28.4. The molecule has 0 aromatic heterocycles. The summed E-state index contributed by atoms with van der Waals surface area (Å²) in [6.07, 6.45) is 70.7. The zero-order valence-electron chi connectivity index (χ0n) is 44.0. The summed E-state index contributed by atoms with van der Waals surface area (Å²) in [6.45, 7) is 6.32. The van der Waals surface area contributed by atoms with Gasteiger partial charge in [-0.15, -0.1) is 0 Å². The number of carbonyl (C=O) groups is 2. The molecular formula is C61H107NO5. The van der Waals surface area contributed by atoms with E-state index in [1.165, 1.54) is 109 Å². The molecule has 6 heteroatoms. The van der Waals surface area contributed by atoms with Gasteiger partial charge < -0.3 is 20.3 Å². The fourth-order valence-corrected chi connectivity index (χ4v) is 8.33. The molecule has 386 valence electrons. The number of hydrogen-bond donors (Lipinski definition) is 3. The van der Waals surface area contributed by atoms with Gasteiger partial charge in [-0.25, -0.2) is 0 Å². The number of esters is 1. The van der Waals surface area contributed by atoms with Crippen molar-refractivity contribution >= 4 is 11.9 Å². The molecule has 0 rings (SSSR count). The SMILES string of the molecule is CC/C=C/C=C/C=C/CCCCCCCC(CC(=O)NC(CO)C(O)CCCCCCCCCCCCCCCCCCC)OC(=O)CCCCCCC/C=C/C=C/C=C/C=C/CCCCC. The monoisotopic (exact) mass is 934 g/mol. The van der Waals surface area contributed by atoms with Crippen LogP contribution >= 0.6 is 0 Å². The van der Waals surface area contributed by atoms with E-state index >= 15 is 0 Å². The zero-order valence-corrected chi connectivity index (χ0v) is 44.0. The standard InChI is InChI=1S/C61H107NO5/c1-4-7-10-13-16-19-22-25-27-29-31-33-36-39-42-45-48-51-54-61(66)67-57(52-49-46-43-40-37-34-24-21-18-15-12-9-6-3)55-60(65)62-58(56-63)59(64)53-50-47-44-41-38-35-32-30-28-26-23-20-17-14-11-8-5-2/h9,12,15-16,18-19,21-22,24-25,27,29,31,33,57-59,63-64H,4-8,10-11,13-14,17,20,23,26,28,30,32,34-56H2,1-3H3,(H,62,65)/b12-9+,18-15+,19-16+,24-21+,25-22+,29-27+,33-31+. The molecule has 0 saturated heterocycles. The van der Waals surface area contributed by atoms with E-state index in [9.17, 15) is 19.8 Å². The number of ether oxygens (including phenoxy) is 1.